The summed E-state index contributed by atoms with van der Waals surface area (Å²) >= 11 is 0. The van der Waals surface area contributed by atoms with E-state index in [0.29, 0.717) is 30.8 Å². The molecule has 0 saturated carbocycles. The molecule has 0 bridgehead atoms. The average Bonchev–Trinajstić information content (AvgIpc) is 3.09. The van der Waals surface area contributed by atoms with Crippen molar-refractivity contribution in [2.45, 2.75) is 19.4 Å². The summed E-state index contributed by atoms with van der Waals surface area (Å²) in [4.78, 5) is 12.3. The van der Waals surface area contributed by atoms with E-state index >= 15 is 0 Å². The number of carbonyl (C=O) groups is 1. The average molecular weight is 363 g/mol. The Morgan fingerprint density at radius 3 is 2.84 bits per heavy atom. The second kappa shape index (κ2) is 7.37. The first-order valence-electron chi connectivity index (χ1n) is 8.17. The fourth-order valence-electron chi connectivity index (χ4n) is 2.92. The molecule has 3 rings (SSSR count). The summed E-state index contributed by atoms with van der Waals surface area (Å²) in [7, 11) is -3.26. The molecule has 1 aliphatic heterocycles. The molecular formula is C17H21N3O4S. The minimum absolute atomic E-state index is 0.161. The van der Waals surface area contributed by atoms with Crippen molar-refractivity contribution >= 4 is 15.9 Å². The third kappa shape index (κ3) is 4.46. The van der Waals surface area contributed by atoms with Gasteiger partial charge in [0.05, 0.1) is 18.7 Å². The predicted molar refractivity (Wildman–Crippen MR) is 92.9 cm³/mol. The number of carbonyl (C=O) groups excluding carboxylic acids is 1. The van der Waals surface area contributed by atoms with Crippen molar-refractivity contribution < 1.29 is 17.7 Å². The number of sulfonamides is 1. The summed E-state index contributed by atoms with van der Waals surface area (Å²) in [6.07, 6.45) is 2.54. The van der Waals surface area contributed by atoms with Gasteiger partial charge in [-0.2, -0.15) is 0 Å². The van der Waals surface area contributed by atoms with E-state index in [-0.39, 0.29) is 24.9 Å². The fourth-order valence-corrected chi connectivity index (χ4v) is 3.83. The molecule has 0 unspecified atom stereocenters. The Morgan fingerprint density at radius 1 is 1.36 bits per heavy atom. The molecule has 0 radical (unpaired) electrons. The van der Waals surface area contributed by atoms with Crippen LogP contribution in [0.25, 0.3) is 11.3 Å². The van der Waals surface area contributed by atoms with Crippen LogP contribution in [0.5, 0.6) is 0 Å². The molecule has 2 aromatic rings. The monoisotopic (exact) mass is 363 g/mol. The molecule has 25 heavy (non-hydrogen) atoms. The summed E-state index contributed by atoms with van der Waals surface area (Å²) in [5.41, 5.74) is 1.66. The first-order valence-corrected chi connectivity index (χ1v) is 10.0. The Bertz CT molecular complexity index is 833. The maximum absolute atomic E-state index is 12.3. The van der Waals surface area contributed by atoms with Crippen LogP contribution in [0.1, 0.15) is 18.6 Å². The van der Waals surface area contributed by atoms with Crippen LogP contribution in [-0.2, 0) is 21.4 Å². The van der Waals surface area contributed by atoms with Crippen molar-refractivity contribution in [3.05, 3.63) is 42.2 Å². The number of rotatable bonds is 5. The van der Waals surface area contributed by atoms with Crippen LogP contribution in [0.2, 0.25) is 0 Å². The number of hydrogen-bond donors (Lipinski definition) is 1. The second-order valence-corrected chi connectivity index (χ2v) is 8.20. The van der Waals surface area contributed by atoms with Gasteiger partial charge < -0.3 is 9.84 Å². The lowest BCUT2D eigenvalue weighted by Crippen LogP contribution is -2.44. The van der Waals surface area contributed by atoms with Crippen LogP contribution < -0.4 is 5.32 Å². The minimum atomic E-state index is -3.26. The van der Waals surface area contributed by atoms with Gasteiger partial charge >= 0.3 is 0 Å². The molecule has 1 aromatic carbocycles. The van der Waals surface area contributed by atoms with Crippen molar-refractivity contribution in [3.63, 3.8) is 0 Å². The van der Waals surface area contributed by atoms with Gasteiger partial charge in [0, 0.05) is 24.7 Å². The summed E-state index contributed by atoms with van der Waals surface area (Å²) in [5, 5.41) is 6.82. The zero-order valence-corrected chi connectivity index (χ0v) is 14.8. The molecule has 1 aliphatic rings. The molecule has 134 valence electrons. The lowest BCUT2D eigenvalue weighted by molar-refractivity contribution is -0.126. The zero-order chi connectivity index (χ0) is 17.9. The van der Waals surface area contributed by atoms with E-state index < -0.39 is 10.0 Å². The number of hydrogen-bond acceptors (Lipinski definition) is 5. The summed E-state index contributed by atoms with van der Waals surface area (Å²) in [6, 6.07) is 11.4. The molecule has 1 amide bonds. The van der Waals surface area contributed by atoms with E-state index in [1.54, 1.807) is 6.07 Å². The SMILES string of the molecule is CS(=O)(=O)N1CCC[C@@H](C(=O)NCc2cc(-c3ccccc3)no2)C1. The van der Waals surface area contributed by atoms with Crippen molar-refractivity contribution in [1.29, 1.82) is 0 Å². The fraction of sp³-hybridized carbons (Fsp3) is 0.412. The van der Waals surface area contributed by atoms with Crippen LogP contribution in [-0.4, -0.2) is 43.1 Å². The third-order valence-corrected chi connectivity index (χ3v) is 5.56. The maximum Gasteiger partial charge on any atom is 0.224 e. The normalized spacial score (nSPS) is 18.8. The zero-order valence-electron chi connectivity index (χ0n) is 14.0. The molecule has 1 fully saturated rings. The highest BCUT2D eigenvalue weighted by atomic mass is 32.2. The minimum Gasteiger partial charge on any atom is -0.359 e. The standard InChI is InChI=1S/C17H21N3O4S/c1-25(22,23)20-9-5-8-14(12-20)17(21)18-11-15-10-16(19-24-15)13-6-3-2-4-7-13/h2-4,6-7,10,14H,5,8-9,11-12H2,1H3,(H,18,21)/t14-/m1/s1. The number of nitrogens with one attached hydrogen (secondary N) is 1. The molecule has 2 heterocycles. The van der Waals surface area contributed by atoms with Crippen LogP contribution in [0, 0.1) is 5.92 Å². The topological polar surface area (TPSA) is 92.5 Å². The van der Waals surface area contributed by atoms with Gasteiger partial charge in [0.15, 0.2) is 5.76 Å². The molecule has 0 spiro atoms. The molecule has 0 aliphatic carbocycles. The molecule has 1 atom stereocenters. The van der Waals surface area contributed by atoms with E-state index in [9.17, 15) is 13.2 Å². The molecular weight excluding hydrogens is 342 g/mol. The predicted octanol–water partition coefficient (Wildman–Crippen LogP) is 1.63. The van der Waals surface area contributed by atoms with Crippen LogP contribution in [0.15, 0.2) is 40.9 Å². The number of benzene rings is 1. The highest BCUT2D eigenvalue weighted by Gasteiger charge is 2.30. The smallest absolute Gasteiger partial charge is 0.224 e. The lowest BCUT2D eigenvalue weighted by atomic mass is 9.99. The summed E-state index contributed by atoms with van der Waals surface area (Å²) < 4.78 is 29.9. The first kappa shape index (κ1) is 17.6. The van der Waals surface area contributed by atoms with Crippen molar-refractivity contribution in [1.82, 2.24) is 14.8 Å². The van der Waals surface area contributed by atoms with Crippen LogP contribution in [0.3, 0.4) is 0 Å². The first-order chi connectivity index (χ1) is 11.9. The third-order valence-electron chi connectivity index (χ3n) is 4.29. The Labute approximate surface area is 147 Å². The van der Waals surface area contributed by atoms with E-state index in [2.05, 4.69) is 10.5 Å². The molecule has 1 N–H and O–H groups in total. The van der Waals surface area contributed by atoms with E-state index in [1.807, 2.05) is 30.3 Å². The molecule has 7 nitrogen and oxygen atoms in total. The second-order valence-electron chi connectivity index (χ2n) is 6.22. The van der Waals surface area contributed by atoms with Gasteiger partial charge in [-0.25, -0.2) is 12.7 Å². The number of piperidine rings is 1. The quantitative estimate of drug-likeness (QED) is 0.872. The maximum atomic E-state index is 12.3. The molecule has 1 aromatic heterocycles. The van der Waals surface area contributed by atoms with Gasteiger partial charge in [-0.3, -0.25) is 4.79 Å². The van der Waals surface area contributed by atoms with Crippen LogP contribution in [0.4, 0.5) is 0 Å². The number of nitrogens with zero attached hydrogens (tertiary/aromatic N) is 2. The van der Waals surface area contributed by atoms with Gasteiger partial charge in [0.2, 0.25) is 15.9 Å². The Balaban J connectivity index is 1.57. The van der Waals surface area contributed by atoms with Gasteiger partial charge in [-0.1, -0.05) is 35.5 Å². The highest BCUT2D eigenvalue weighted by Crippen LogP contribution is 2.20. The van der Waals surface area contributed by atoms with Gasteiger partial charge in [-0.15, -0.1) is 0 Å². The van der Waals surface area contributed by atoms with Crippen molar-refractivity contribution in [2.24, 2.45) is 5.92 Å². The van der Waals surface area contributed by atoms with Crippen molar-refractivity contribution in [3.8, 4) is 11.3 Å². The van der Waals surface area contributed by atoms with Gasteiger partial charge in [-0.05, 0) is 12.8 Å². The number of aromatic nitrogens is 1. The van der Waals surface area contributed by atoms with E-state index in [4.69, 9.17) is 4.52 Å². The highest BCUT2D eigenvalue weighted by molar-refractivity contribution is 7.88. The lowest BCUT2D eigenvalue weighted by Gasteiger charge is -2.29. The van der Waals surface area contributed by atoms with E-state index in [0.717, 1.165) is 5.56 Å². The van der Waals surface area contributed by atoms with E-state index in [1.165, 1.54) is 10.6 Å². The van der Waals surface area contributed by atoms with Gasteiger partial charge in [0.25, 0.3) is 0 Å². The van der Waals surface area contributed by atoms with Crippen LogP contribution >= 0.6 is 0 Å². The van der Waals surface area contributed by atoms with Crippen molar-refractivity contribution in [2.75, 3.05) is 19.3 Å². The molecule has 8 heteroatoms. The largest absolute Gasteiger partial charge is 0.359 e. The summed E-state index contributed by atoms with van der Waals surface area (Å²) in [6.45, 7) is 0.940. The Morgan fingerprint density at radius 2 is 2.12 bits per heavy atom. The molecule has 1 saturated heterocycles. The summed E-state index contributed by atoms with van der Waals surface area (Å²) in [5.74, 6) is 0.0639. The Kier molecular flexibility index (Phi) is 5.19. The van der Waals surface area contributed by atoms with Gasteiger partial charge in [0.1, 0.15) is 5.69 Å². The number of amides is 1. The Hall–Kier alpha value is -2.19.